The maximum absolute atomic E-state index is 14.8. The van der Waals surface area contributed by atoms with E-state index in [1.54, 1.807) is 6.07 Å². The molecule has 2 aromatic carbocycles. The molecule has 2 aliphatic rings. The normalized spacial score (nSPS) is 21.2. The predicted molar refractivity (Wildman–Crippen MR) is 134 cm³/mol. The molecule has 7 nitrogen and oxygen atoms in total. The van der Waals surface area contributed by atoms with Crippen LogP contribution in [0.25, 0.3) is 5.57 Å². The number of carboxylic acid groups (broad SMARTS) is 1. The fourth-order valence-electron chi connectivity index (χ4n) is 4.64. The van der Waals surface area contributed by atoms with Crippen molar-refractivity contribution in [3.8, 4) is 5.75 Å². The minimum atomic E-state index is -4.26. The summed E-state index contributed by atoms with van der Waals surface area (Å²) in [5.74, 6) is -1.30. The van der Waals surface area contributed by atoms with Crippen LogP contribution in [0.1, 0.15) is 37.8 Å². The molecule has 0 saturated heterocycles. The first-order chi connectivity index (χ1) is 16.9. The van der Waals surface area contributed by atoms with E-state index in [4.69, 9.17) is 9.47 Å². The Balaban J connectivity index is 1.68. The van der Waals surface area contributed by atoms with Gasteiger partial charge >= 0.3 is 5.97 Å². The summed E-state index contributed by atoms with van der Waals surface area (Å²) in [7, 11) is -2.90. The average Bonchev–Trinajstić information content (AvgIpc) is 2.82. The standard InChI is InChI=1S/C27H30FNO6S/c1-26(2)12-11-20-14-23(9-10-24(20)35-26)36(32,33)29(17-25(30)31)18-27(34-3)15-21(13-22(28)16-27)19-7-5-4-6-8-19/h4-10,13-14,16H,11-12,15,17-18H2,1-3H3,(H,30,31). The lowest BCUT2D eigenvalue weighted by Crippen LogP contribution is -2.48. The van der Waals surface area contributed by atoms with E-state index >= 15 is 0 Å². The van der Waals surface area contributed by atoms with E-state index in [-0.39, 0.29) is 23.5 Å². The number of halogens is 1. The Bertz CT molecular complexity index is 1320. The van der Waals surface area contributed by atoms with Crippen molar-refractivity contribution < 1.29 is 32.2 Å². The monoisotopic (exact) mass is 515 g/mol. The van der Waals surface area contributed by atoms with E-state index in [0.29, 0.717) is 24.2 Å². The van der Waals surface area contributed by atoms with Gasteiger partial charge in [0.25, 0.3) is 0 Å². The van der Waals surface area contributed by atoms with Gasteiger partial charge in [-0.15, -0.1) is 0 Å². The minimum Gasteiger partial charge on any atom is -0.488 e. The van der Waals surface area contributed by atoms with Crippen molar-refractivity contribution in [1.29, 1.82) is 0 Å². The van der Waals surface area contributed by atoms with Crippen LogP contribution in [-0.4, -0.2) is 55.2 Å². The molecule has 1 heterocycles. The highest BCUT2D eigenvalue weighted by atomic mass is 32.2. The van der Waals surface area contributed by atoms with Crippen molar-refractivity contribution in [2.75, 3.05) is 20.2 Å². The smallest absolute Gasteiger partial charge is 0.318 e. The molecule has 1 unspecified atom stereocenters. The summed E-state index contributed by atoms with van der Waals surface area (Å²) in [6.45, 7) is 2.76. The zero-order valence-electron chi connectivity index (χ0n) is 20.5. The number of aliphatic carboxylic acids is 1. The van der Waals surface area contributed by atoms with E-state index in [2.05, 4.69) is 0 Å². The third kappa shape index (κ3) is 5.53. The lowest BCUT2D eigenvalue weighted by atomic mass is 9.85. The van der Waals surface area contributed by atoms with Gasteiger partial charge in [0.05, 0.1) is 4.90 Å². The molecule has 1 aliphatic heterocycles. The number of sulfonamides is 1. The molecule has 0 radical (unpaired) electrons. The second-order valence-corrected chi connectivity index (χ2v) is 11.7. The topological polar surface area (TPSA) is 93.1 Å². The maximum Gasteiger partial charge on any atom is 0.318 e. The van der Waals surface area contributed by atoms with Crippen molar-refractivity contribution in [2.24, 2.45) is 0 Å². The van der Waals surface area contributed by atoms with Gasteiger partial charge in [0.1, 0.15) is 29.3 Å². The number of nitrogens with zero attached hydrogens (tertiary/aromatic N) is 1. The molecule has 0 spiro atoms. The molecule has 36 heavy (non-hydrogen) atoms. The van der Waals surface area contributed by atoms with Gasteiger partial charge in [-0.2, -0.15) is 4.31 Å². The maximum atomic E-state index is 14.8. The third-order valence-corrected chi connectivity index (χ3v) is 8.35. The molecule has 4 rings (SSSR count). The molecule has 1 aliphatic carbocycles. The second kappa shape index (κ2) is 9.80. The molecule has 0 aromatic heterocycles. The van der Waals surface area contributed by atoms with Gasteiger partial charge in [-0.3, -0.25) is 4.79 Å². The van der Waals surface area contributed by atoms with Gasteiger partial charge in [0.15, 0.2) is 0 Å². The number of carbonyl (C=O) groups is 1. The number of hydrogen-bond donors (Lipinski definition) is 1. The Morgan fingerprint density at radius 1 is 1.19 bits per heavy atom. The number of fused-ring (bicyclic) bond motifs is 1. The van der Waals surface area contributed by atoms with Gasteiger partial charge in [-0.1, -0.05) is 30.3 Å². The zero-order valence-corrected chi connectivity index (χ0v) is 21.3. The summed E-state index contributed by atoms with van der Waals surface area (Å²) in [5, 5.41) is 9.54. The molecule has 192 valence electrons. The highest BCUT2D eigenvalue weighted by Crippen LogP contribution is 2.38. The fraction of sp³-hybridized carbons (Fsp3) is 0.370. The molecular weight excluding hydrogens is 485 g/mol. The first-order valence-electron chi connectivity index (χ1n) is 11.7. The van der Waals surface area contributed by atoms with Crippen LogP contribution < -0.4 is 4.74 Å². The summed E-state index contributed by atoms with van der Waals surface area (Å²) < 4.78 is 54.6. The Kier molecular flexibility index (Phi) is 7.10. The van der Waals surface area contributed by atoms with E-state index in [9.17, 15) is 22.7 Å². The molecule has 0 fully saturated rings. The average molecular weight is 516 g/mol. The lowest BCUT2D eigenvalue weighted by Gasteiger charge is -2.37. The Morgan fingerprint density at radius 2 is 1.92 bits per heavy atom. The van der Waals surface area contributed by atoms with E-state index in [1.807, 2.05) is 44.2 Å². The first kappa shape index (κ1) is 26.1. The summed E-state index contributed by atoms with van der Waals surface area (Å²) in [6, 6.07) is 13.7. The quantitative estimate of drug-likeness (QED) is 0.553. The fourth-order valence-corrected chi connectivity index (χ4v) is 6.14. The van der Waals surface area contributed by atoms with Crippen LogP contribution in [0.15, 0.2) is 71.4 Å². The number of allylic oxidation sites excluding steroid dienone is 2. The van der Waals surface area contributed by atoms with Gasteiger partial charge in [-0.25, -0.2) is 12.8 Å². The van der Waals surface area contributed by atoms with Crippen LogP contribution >= 0.6 is 0 Å². The van der Waals surface area contributed by atoms with Crippen LogP contribution in [0.2, 0.25) is 0 Å². The Labute approximate surface area is 210 Å². The Morgan fingerprint density at radius 3 is 2.58 bits per heavy atom. The lowest BCUT2D eigenvalue weighted by molar-refractivity contribution is -0.137. The third-order valence-electron chi connectivity index (χ3n) is 6.56. The zero-order chi connectivity index (χ0) is 26.1. The minimum absolute atomic E-state index is 0.0452. The number of ether oxygens (including phenoxy) is 2. The molecule has 0 bridgehead atoms. The van der Waals surface area contributed by atoms with Crippen LogP contribution in [0, 0.1) is 0 Å². The van der Waals surface area contributed by atoms with Crippen LogP contribution in [-0.2, 0) is 26.0 Å². The van der Waals surface area contributed by atoms with Crippen molar-refractivity contribution in [1.82, 2.24) is 4.31 Å². The van der Waals surface area contributed by atoms with Crippen molar-refractivity contribution >= 4 is 21.6 Å². The molecule has 0 saturated carbocycles. The van der Waals surface area contributed by atoms with Crippen molar-refractivity contribution in [3.05, 3.63) is 77.6 Å². The number of rotatable bonds is 8. The van der Waals surface area contributed by atoms with Crippen LogP contribution in [0.5, 0.6) is 5.75 Å². The largest absolute Gasteiger partial charge is 0.488 e. The van der Waals surface area contributed by atoms with E-state index in [0.717, 1.165) is 15.4 Å². The summed E-state index contributed by atoms with van der Waals surface area (Å²) >= 11 is 0. The number of hydrogen-bond acceptors (Lipinski definition) is 5. The van der Waals surface area contributed by atoms with Gasteiger partial charge in [-0.05, 0) is 73.7 Å². The van der Waals surface area contributed by atoms with Gasteiger partial charge < -0.3 is 14.6 Å². The predicted octanol–water partition coefficient (Wildman–Crippen LogP) is 4.59. The van der Waals surface area contributed by atoms with E-state index < -0.39 is 34.0 Å². The first-order valence-corrected chi connectivity index (χ1v) is 13.1. The van der Waals surface area contributed by atoms with Crippen molar-refractivity contribution in [3.63, 3.8) is 0 Å². The number of benzene rings is 2. The number of methoxy groups -OCH3 is 1. The van der Waals surface area contributed by atoms with Crippen molar-refractivity contribution in [2.45, 2.75) is 49.2 Å². The highest BCUT2D eigenvalue weighted by molar-refractivity contribution is 7.89. The molecule has 2 aromatic rings. The van der Waals surface area contributed by atoms with Gasteiger partial charge in [0, 0.05) is 20.1 Å². The second-order valence-electron chi connectivity index (χ2n) is 9.81. The van der Waals surface area contributed by atoms with Crippen LogP contribution in [0.4, 0.5) is 4.39 Å². The molecule has 9 heteroatoms. The number of aryl methyl sites for hydroxylation is 1. The molecule has 1 atom stereocenters. The SMILES string of the molecule is COC1(CN(CC(=O)O)S(=O)(=O)c2ccc3c(c2)CCC(C)(C)O3)C=C(F)C=C(c2ccccc2)C1. The van der Waals surface area contributed by atoms with Crippen LogP contribution in [0.3, 0.4) is 0 Å². The highest BCUT2D eigenvalue weighted by Gasteiger charge is 2.40. The Hall–Kier alpha value is -3.01. The summed E-state index contributed by atoms with van der Waals surface area (Å²) in [5.41, 5.74) is 0.388. The van der Waals surface area contributed by atoms with E-state index in [1.165, 1.54) is 31.4 Å². The molecular formula is C27H30FNO6S. The number of carboxylic acids is 1. The van der Waals surface area contributed by atoms with Gasteiger partial charge in [0.2, 0.25) is 10.0 Å². The molecule has 0 amide bonds. The summed E-state index contributed by atoms with van der Waals surface area (Å²) in [4.78, 5) is 11.7. The molecule has 1 N–H and O–H groups in total. The summed E-state index contributed by atoms with van der Waals surface area (Å²) in [6.07, 6.45) is 4.11.